The fraction of sp³-hybridized carbons (Fsp3) is 0.182. The number of benzene rings is 1. The van der Waals surface area contributed by atoms with Crippen LogP contribution in [0.25, 0.3) is 16.9 Å². The number of pyridine rings is 1. The molecule has 0 spiro atoms. The maximum atomic E-state index is 12.2. The SMILES string of the molecule is CC(=O)NCC(=O)NC1C=CC=CN1c1nc2cccc(-c3cccc(S(C)(=O)=O)c3)n2n1. The van der Waals surface area contributed by atoms with Gasteiger partial charge in [0.05, 0.1) is 17.1 Å². The Kier molecular flexibility index (Phi) is 5.97. The molecule has 1 unspecified atom stereocenters. The van der Waals surface area contributed by atoms with Crippen LogP contribution in [0, 0.1) is 0 Å². The summed E-state index contributed by atoms with van der Waals surface area (Å²) in [6.45, 7) is 1.20. The molecule has 1 aliphatic rings. The molecule has 170 valence electrons. The molecule has 0 fully saturated rings. The Labute approximate surface area is 190 Å². The van der Waals surface area contributed by atoms with E-state index >= 15 is 0 Å². The van der Waals surface area contributed by atoms with Gasteiger partial charge in [-0.1, -0.05) is 24.3 Å². The van der Waals surface area contributed by atoms with E-state index in [4.69, 9.17) is 0 Å². The van der Waals surface area contributed by atoms with Gasteiger partial charge in [-0.05, 0) is 36.4 Å². The lowest BCUT2D eigenvalue weighted by Gasteiger charge is -2.27. The summed E-state index contributed by atoms with van der Waals surface area (Å²) in [5.74, 6) is -0.315. The number of anilines is 1. The molecule has 0 saturated carbocycles. The number of carbonyl (C=O) groups is 2. The zero-order valence-corrected chi connectivity index (χ0v) is 18.8. The van der Waals surface area contributed by atoms with Crippen LogP contribution in [0.15, 0.2) is 71.8 Å². The molecule has 10 nitrogen and oxygen atoms in total. The van der Waals surface area contributed by atoms with Gasteiger partial charge in [-0.15, -0.1) is 5.10 Å². The third kappa shape index (κ3) is 4.93. The summed E-state index contributed by atoms with van der Waals surface area (Å²) in [5, 5.41) is 9.89. The zero-order valence-electron chi connectivity index (χ0n) is 18.0. The summed E-state index contributed by atoms with van der Waals surface area (Å²) in [4.78, 5) is 29.8. The van der Waals surface area contributed by atoms with Gasteiger partial charge in [-0.3, -0.25) is 14.5 Å². The highest BCUT2D eigenvalue weighted by Gasteiger charge is 2.23. The minimum Gasteiger partial charge on any atom is -0.347 e. The molecule has 11 heteroatoms. The van der Waals surface area contributed by atoms with Crippen LogP contribution in [-0.4, -0.2) is 53.8 Å². The van der Waals surface area contributed by atoms with E-state index in [0.29, 0.717) is 22.9 Å². The number of aromatic nitrogens is 3. The van der Waals surface area contributed by atoms with Gasteiger partial charge in [-0.25, -0.2) is 12.9 Å². The third-order valence-electron chi connectivity index (χ3n) is 4.90. The molecule has 0 saturated heterocycles. The van der Waals surface area contributed by atoms with Crippen LogP contribution in [0.5, 0.6) is 0 Å². The van der Waals surface area contributed by atoms with Crippen LogP contribution in [0.3, 0.4) is 0 Å². The van der Waals surface area contributed by atoms with Crippen molar-refractivity contribution in [3.63, 3.8) is 0 Å². The van der Waals surface area contributed by atoms with Gasteiger partial charge < -0.3 is 10.6 Å². The molecule has 0 bridgehead atoms. The highest BCUT2D eigenvalue weighted by atomic mass is 32.2. The Morgan fingerprint density at radius 1 is 1.12 bits per heavy atom. The Bertz CT molecular complexity index is 1390. The quantitative estimate of drug-likeness (QED) is 0.560. The number of rotatable bonds is 6. The van der Waals surface area contributed by atoms with Crippen molar-refractivity contribution in [2.24, 2.45) is 0 Å². The predicted octanol–water partition coefficient (Wildman–Crippen LogP) is 1.27. The van der Waals surface area contributed by atoms with E-state index in [9.17, 15) is 18.0 Å². The Morgan fingerprint density at radius 2 is 1.91 bits per heavy atom. The van der Waals surface area contributed by atoms with Gasteiger partial charge in [0.15, 0.2) is 15.5 Å². The lowest BCUT2D eigenvalue weighted by atomic mass is 10.1. The number of fused-ring (bicyclic) bond motifs is 1. The first-order chi connectivity index (χ1) is 15.7. The second-order valence-electron chi connectivity index (χ2n) is 7.45. The lowest BCUT2D eigenvalue weighted by Crippen LogP contribution is -2.49. The molecule has 1 atom stereocenters. The Hall–Kier alpha value is -3.99. The molecular formula is C22H22N6O4S. The molecule has 3 heterocycles. The van der Waals surface area contributed by atoms with Gasteiger partial charge in [0.1, 0.15) is 6.17 Å². The number of nitrogens with one attached hydrogen (secondary N) is 2. The van der Waals surface area contributed by atoms with Crippen molar-refractivity contribution in [1.82, 2.24) is 25.2 Å². The molecular weight excluding hydrogens is 444 g/mol. The van der Waals surface area contributed by atoms with Crippen LogP contribution in [-0.2, 0) is 19.4 Å². The highest BCUT2D eigenvalue weighted by molar-refractivity contribution is 7.90. The van der Waals surface area contributed by atoms with Crippen LogP contribution in [0.4, 0.5) is 5.95 Å². The van der Waals surface area contributed by atoms with Crippen LogP contribution >= 0.6 is 0 Å². The maximum Gasteiger partial charge on any atom is 0.251 e. The number of hydrogen-bond donors (Lipinski definition) is 2. The van der Waals surface area contributed by atoms with E-state index in [1.165, 1.54) is 6.92 Å². The van der Waals surface area contributed by atoms with Crippen molar-refractivity contribution in [2.75, 3.05) is 17.7 Å². The van der Waals surface area contributed by atoms with Crippen molar-refractivity contribution >= 4 is 33.2 Å². The summed E-state index contributed by atoms with van der Waals surface area (Å²) in [6, 6.07) is 12.1. The van der Waals surface area contributed by atoms with Crippen molar-refractivity contribution in [3.8, 4) is 11.3 Å². The first-order valence-corrected chi connectivity index (χ1v) is 11.9. The number of sulfone groups is 1. The first kappa shape index (κ1) is 22.2. The number of amides is 2. The van der Waals surface area contributed by atoms with Gasteiger partial charge in [0, 0.05) is 24.9 Å². The average molecular weight is 467 g/mol. The van der Waals surface area contributed by atoms with Crippen molar-refractivity contribution in [2.45, 2.75) is 18.0 Å². The van der Waals surface area contributed by atoms with E-state index < -0.39 is 16.0 Å². The second kappa shape index (κ2) is 8.87. The maximum absolute atomic E-state index is 12.2. The number of carbonyl (C=O) groups excluding carboxylic acids is 2. The molecule has 2 N–H and O–H groups in total. The van der Waals surface area contributed by atoms with Crippen molar-refractivity contribution in [1.29, 1.82) is 0 Å². The fourth-order valence-corrected chi connectivity index (χ4v) is 4.00. The number of allylic oxidation sites excluding steroid dienone is 2. The second-order valence-corrected chi connectivity index (χ2v) is 9.46. The molecule has 4 rings (SSSR count). The normalized spacial score (nSPS) is 15.6. The van der Waals surface area contributed by atoms with Crippen molar-refractivity contribution < 1.29 is 18.0 Å². The highest BCUT2D eigenvalue weighted by Crippen LogP contribution is 2.25. The molecule has 1 aromatic carbocycles. The predicted molar refractivity (Wildman–Crippen MR) is 123 cm³/mol. The first-order valence-electron chi connectivity index (χ1n) is 10.1. The van der Waals surface area contributed by atoms with Crippen LogP contribution < -0.4 is 15.5 Å². The summed E-state index contributed by atoms with van der Waals surface area (Å²) >= 11 is 0. The van der Waals surface area contributed by atoms with Gasteiger partial charge >= 0.3 is 0 Å². The minimum atomic E-state index is -3.36. The Morgan fingerprint density at radius 3 is 2.67 bits per heavy atom. The van der Waals surface area contributed by atoms with Crippen molar-refractivity contribution in [3.05, 3.63) is 66.9 Å². The standard InChI is InChI=1S/C22H22N6O4S/c1-15(29)23-14-21(30)24-19-10-3-4-12-27(19)22-25-20-11-6-9-18(28(20)26-22)16-7-5-8-17(13-16)33(2,31)32/h3-13,19H,14H2,1-2H3,(H,23,29)(H,24,30). The zero-order chi connectivity index (χ0) is 23.6. The molecule has 2 amide bonds. The van der Waals surface area contributed by atoms with Gasteiger partial charge in [0.2, 0.25) is 11.8 Å². The third-order valence-corrected chi connectivity index (χ3v) is 6.01. The lowest BCUT2D eigenvalue weighted by molar-refractivity contribution is -0.125. The summed E-state index contributed by atoms with van der Waals surface area (Å²) < 4.78 is 25.6. The average Bonchev–Trinajstić information content (AvgIpc) is 3.22. The minimum absolute atomic E-state index is 0.142. The molecule has 1 aliphatic heterocycles. The van der Waals surface area contributed by atoms with E-state index in [1.54, 1.807) is 64.2 Å². The van der Waals surface area contributed by atoms with Crippen LogP contribution in [0.1, 0.15) is 6.92 Å². The number of hydrogen-bond acceptors (Lipinski definition) is 7. The summed E-state index contributed by atoms with van der Waals surface area (Å²) in [5.41, 5.74) is 1.90. The van der Waals surface area contributed by atoms with E-state index in [0.717, 1.165) is 6.26 Å². The smallest absolute Gasteiger partial charge is 0.251 e. The van der Waals surface area contributed by atoms with Gasteiger partial charge in [0.25, 0.3) is 5.95 Å². The van der Waals surface area contributed by atoms with E-state index in [2.05, 4.69) is 20.7 Å². The Balaban J connectivity index is 1.67. The molecule has 3 aromatic rings. The van der Waals surface area contributed by atoms with Crippen LogP contribution in [0.2, 0.25) is 0 Å². The van der Waals surface area contributed by atoms with E-state index in [1.807, 2.05) is 12.1 Å². The summed E-state index contributed by atoms with van der Waals surface area (Å²) in [7, 11) is -3.36. The molecule has 0 radical (unpaired) electrons. The molecule has 33 heavy (non-hydrogen) atoms. The molecule has 0 aliphatic carbocycles. The van der Waals surface area contributed by atoms with E-state index in [-0.39, 0.29) is 23.3 Å². The largest absolute Gasteiger partial charge is 0.347 e. The van der Waals surface area contributed by atoms with Gasteiger partial charge in [-0.2, -0.15) is 4.98 Å². The topological polar surface area (TPSA) is 126 Å². The monoisotopic (exact) mass is 466 g/mol. The number of nitrogens with zero attached hydrogens (tertiary/aromatic N) is 4. The molecule has 2 aromatic heterocycles. The fourth-order valence-electron chi connectivity index (χ4n) is 3.33. The summed E-state index contributed by atoms with van der Waals surface area (Å²) in [6.07, 6.45) is 7.70.